The molecule has 4 rings (SSSR count). The molecule has 0 bridgehead atoms. The van der Waals surface area contributed by atoms with Gasteiger partial charge < -0.3 is 25.8 Å². The predicted octanol–water partition coefficient (Wildman–Crippen LogP) is 1.38. The van der Waals surface area contributed by atoms with Gasteiger partial charge >= 0.3 is 0 Å². The number of amides is 2. The van der Waals surface area contributed by atoms with Crippen LogP contribution < -0.4 is 20.7 Å². The standard InChI is InChI=1S/C26H32ClN7O4S/c1-39(37,38)32-22-4-2-3-5-24(22)33-10-12-34(13-11-33)26(36)23(14-18-6-8-19(27)9-7-18)31-25(35)21(28)15-20-16-29-17-30-20/h2-9,16-17,21,23,32H,10-15,28H2,1H3,(H,29,30)(H,31,35). The van der Waals surface area contributed by atoms with Crippen LogP contribution in [0.1, 0.15) is 11.3 Å². The minimum atomic E-state index is -3.45. The number of halogens is 1. The van der Waals surface area contributed by atoms with E-state index in [4.69, 9.17) is 17.3 Å². The number of hydrogen-bond donors (Lipinski definition) is 4. The number of imidazole rings is 1. The van der Waals surface area contributed by atoms with E-state index in [0.29, 0.717) is 36.9 Å². The maximum atomic E-state index is 13.7. The van der Waals surface area contributed by atoms with Crippen molar-refractivity contribution in [2.24, 2.45) is 5.73 Å². The minimum Gasteiger partial charge on any atom is -0.366 e. The molecule has 5 N–H and O–H groups in total. The van der Waals surface area contributed by atoms with Crippen LogP contribution in [0.4, 0.5) is 11.4 Å². The molecule has 1 aromatic heterocycles. The van der Waals surface area contributed by atoms with E-state index in [0.717, 1.165) is 23.2 Å². The predicted molar refractivity (Wildman–Crippen MR) is 151 cm³/mol. The molecule has 11 nitrogen and oxygen atoms in total. The number of aromatic nitrogens is 2. The lowest BCUT2D eigenvalue weighted by Gasteiger charge is -2.38. The van der Waals surface area contributed by atoms with Crippen molar-refractivity contribution >= 4 is 44.8 Å². The highest BCUT2D eigenvalue weighted by atomic mass is 35.5. The van der Waals surface area contributed by atoms with Crippen LogP contribution in [-0.2, 0) is 32.5 Å². The zero-order chi connectivity index (χ0) is 28.0. The summed E-state index contributed by atoms with van der Waals surface area (Å²) >= 11 is 6.02. The lowest BCUT2D eigenvalue weighted by atomic mass is 10.0. The number of carbonyl (C=O) groups is 2. The van der Waals surface area contributed by atoms with Crippen molar-refractivity contribution < 1.29 is 18.0 Å². The van der Waals surface area contributed by atoms with E-state index in [-0.39, 0.29) is 18.7 Å². The average molecular weight is 574 g/mol. The Morgan fingerprint density at radius 1 is 1.08 bits per heavy atom. The van der Waals surface area contributed by atoms with Gasteiger partial charge in [-0.15, -0.1) is 0 Å². The van der Waals surface area contributed by atoms with Gasteiger partial charge in [0.25, 0.3) is 0 Å². The van der Waals surface area contributed by atoms with E-state index in [2.05, 4.69) is 20.0 Å². The molecule has 0 saturated carbocycles. The molecule has 2 atom stereocenters. The fraction of sp³-hybridized carbons (Fsp3) is 0.346. The second-order valence-electron chi connectivity index (χ2n) is 9.48. The molecule has 39 heavy (non-hydrogen) atoms. The monoisotopic (exact) mass is 573 g/mol. The van der Waals surface area contributed by atoms with Crippen molar-refractivity contribution in [2.75, 3.05) is 42.1 Å². The third kappa shape index (κ3) is 7.94. The number of benzene rings is 2. The molecule has 0 radical (unpaired) electrons. The highest BCUT2D eigenvalue weighted by molar-refractivity contribution is 7.92. The molecule has 0 aliphatic carbocycles. The lowest BCUT2D eigenvalue weighted by Crippen LogP contribution is -2.57. The van der Waals surface area contributed by atoms with Gasteiger partial charge in [-0.1, -0.05) is 35.9 Å². The molecule has 1 saturated heterocycles. The Balaban J connectivity index is 1.45. The maximum Gasteiger partial charge on any atom is 0.245 e. The number of carbonyl (C=O) groups excluding carboxylic acids is 2. The highest BCUT2D eigenvalue weighted by Crippen LogP contribution is 2.27. The molecular weight excluding hydrogens is 542 g/mol. The zero-order valence-corrected chi connectivity index (χ0v) is 23.1. The third-order valence-corrected chi connectivity index (χ3v) is 7.27. The van der Waals surface area contributed by atoms with Crippen LogP contribution in [0.3, 0.4) is 0 Å². The van der Waals surface area contributed by atoms with Gasteiger partial charge in [0.2, 0.25) is 21.8 Å². The van der Waals surface area contributed by atoms with Gasteiger partial charge in [0, 0.05) is 55.9 Å². The molecule has 13 heteroatoms. The normalized spacial score (nSPS) is 15.5. The Morgan fingerprint density at radius 2 is 1.77 bits per heavy atom. The first kappa shape index (κ1) is 28.4. The summed E-state index contributed by atoms with van der Waals surface area (Å²) in [4.78, 5) is 37.3. The fourth-order valence-electron chi connectivity index (χ4n) is 4.48. The fourth-order valence-corrected chi connectivity index (χ4v) is 5.18. The number of nitrogens with two attached hydrogens (primary N) is 1. The molecule has 2 aromatic carbocycles. The summed E-state index contributed by atoms with van der Waals surface area (Å²) in [6.07, 6.45) is 4.76. The van der Waals surface area contributed by atoms with Crippen LogP contribution in [0.25, 0.3) is 0 Å². The summed E-state index contributed by atoms with van der Waals surface area (Å²) in [6, 6.07) is 12.6. The maximum absolute atomic E-state index is 13.7. The topological polar surface area (TPSA) is 154 Å². The Kier molecular flexibility index (Phi) is 9.10. The number of nitrogens with zero attached hydrogens (tertiary/aromatic N) is 3. The quantitative estimate of drug-likeness (QED) is 0.286. The van der Waals surface area contributed by atoms with Crippen molar-refractivity contribution in [2.45, 2.75) is 24.9 Å². The first-order chi connectivity index (χ1) is 18.6. The molecular formula is C26H32ClN7O4S. The summed E-state index contributed by atoms with van der Waals surface area (Å²) < 4.78 is 26.2. The van der Waals surface area contributed by atoms with E-state index in [9.17, 15) is 18.0 Å². The van der Waals surface area contributed by atoms with Crippen LogP contribution in [0.2, 0.25) is 5.02 Å². The van der Waals surface area contributed by atoms with Gasteiger partial charge in [-0.3, -0.25) is 14.3 Å². The Labute approximate surface area is 232 Å². The van der Waals surface area contributed by atoms with E-state index >= 15 is 0 Å². The first-order valence-electron chi connectivity index (χ1n) is 12.5. The van der Waals surface area contributed by atoms with Crippen molar-refractivity contribution in [3.63, 3.8) is 0 Å². The number of aromatic amines is 1. The SMILES string of the molecule is CS(=O)(=O)Nc1ccccc1N1CCN(C(=O)C(Cc2ccc(Cl)cc2)NC(=O)C(N)Cc2cnc[nH]2)CC1. The molecule has 2 heterocycles. The molecule has 3 aromatic rings. The van der Waals surface area contributed by atoms with Crippen LogP contribution in [0, 0.1) is 0 Å². The Hall–Kier alpha value is -3.61. The molecule has 1 aliphatic heterocycles. The highest BCUT2D eigenvalue weighted by Gasteiger charge is 2.31. The largest absolute Gasteiger partial charge is 0.366 e. The van der Waals surface area contributed by atoms with Crippen molar-refractivity contribution in [3.8, 4) is 0 Å². The number of para-hydroxylation sites is 2. The van der Waals surface area contributed by atoms with Crippen molar-refractivity contribution in [1.82, 2.24) is 20.2 Å². The van der Waals surface area contributed by atoms with E-state index in [1.807, 2.05) is 29.2 Å². The number of H-pyrrole nitrogens is 1. The second-order valence-corrected chi connectivity index (χ2v) is 11.7. The van der Waals surface area contributed by atoms with Crippen LogP contribution >= 0.6 is 11.6 Å². The Bertz CT molecular complexity index is 1380. The molecule has 2 amide bonds. The van der Waals surface area contributed by atoms with Gasteiger partial charge in [-0.2, -0.15) is 0 Å². The van der Waals surface area contributed by atoms with Gasteiger partial charge in [0.1, 0.15) is 6.04 Å². The van der Waals surface area contributed by atoms with Gasteiger partial charge in [-0.25, -0.2) is 13.4 Å². The lowest BCUT2D eigenvalue weighted by molar-refractivity contribution is -0.137. The number of nitrogens with one attached hydrogen (secondary N) is 3. The molecule has 0 spiro atoms. The van der Waals surface area contributed by atoms with E-state index < -0.39 is 28.0 Å². The van der Waals surface area contributed by atoms with Gasteiger partial charge in [0.05, 0.1) is 30.0 Å². The summed E-state index contributed by atoms with van der Waals surface area (Å²) in [7, 11) is -3.45. The number of anilines is 2. The van der Waals surface area contributed by atoms with Gasteiger partial charge in [-0.05, 0) is 29.8 Å². The molecule has 1 fully saturated rings. The molecule has 2 unspecified atom stereocenters. The van der Waals surface area contributed by atoms with Crippen molar-refractivity contribution in [3.05, 3.63) is 77.3 Å². The third-order valence-electron chi connectivity index (χ3n) is 6.43. The molecule has 1 aliphatic rings. The smallest absolute Gasteiger partial charge is 0.245 e. The van der Waals surface area contributed by atoms with Crippen molar-refractivity contribution in [1.29, 1.82) is 0 Å². The summed E-state index contributed by atoms with van der Waals surface area (Å²) in [5.41, 5.74) is 8.93. The number of hydrogen-bond acceptors (Lipinski definition) is 7. The summed E-state index contributed by atoms with van der Waals surface area (Å²) in [6.45, 7) is 1.79. The zero-order valence-electron chi connectivity index (χ0n) is 21.5. The van der Waals surface area contributed by atoms with E-state index in [1.165, 1.54) is 6.33 Å². The van der Waals surface area contributed by atoms with Gasteiger partial charge in [0.15, 0.2) is 0 Å². The van der Waals surface area contributed by atoms with Crippen LogP contribution in [0.15, 0.2) is 61.1 Å². The summed E-state index contributed by atoms with van der Waals surface area (Å²) in [5.74, 6) is -0.648. The van der Waals surface area contributed by atoms with Crippen LogP contribution in [-0.4, -0.2) is 79.6 Å². The number of piperazine rings is 1. The Morgan fingerprint density at radius 3 is 2.41 bits per heavy atom. The summed E-state index contributed by atoms with van der Waals surface area (Å²) in [5, 5.41) is 3.43. The number of rotatable bonds is 10. The van der Waals surface area contributed by atoms with E-state index in [1.54, 1.807) is 35.4 Å². The molecule has 208 valence electrons. The minimum absolute atomic E-state index is 0.214. The van der Waals surface area contributed by atoms with Crippen LogP contribution in [0.5, 0.6) is 0 Å². The average Bonchev–Trinajstić information content (AvgIpc) is 3.41. The first-order valence-corrected chi connectivity index (χ1v) is 14.7. The second kappa shape index (κ2) is 12.5. The number of sulfonamides is 1.